The predicted octanol–water partition coefficient (Wildman–Crippen LogP) is 3.97. The minimum absolute atomic E-state index is 0.0895. The van der Waals surface area contributed by atoms with Crippen LogP contribution in [0.1, 0.15) is 55.5 Å². The van der Waals surface area contributed by atoms with E-state index in [9.17, 15) is 9.59 Å². The van der Waals surface area contributed by atoms with Crippen LogP contribution < -0.4 is 16.0 Å². The Kier molecular flexibility index (Phi) is 7.01. The van der Waals surface area contributed by atoms with Gasteiger partial charge in [0.15, 0.2) is 0 Å². The maximum atomic E-state index is 12.5. The van der Waals surface area contributed by atoms with Crippen molar-refractivity contribution in [2.45, 2.75) is 57.2 Å². The molecule has 1 saturated carbocycles. The van der Waals surface area contributed by atoms with Gasteiger partial charge in [-0.05, 0) is 36.8 Å². The Morgan fingerprint density at radius 3 is 2.44 bits per heavy atom. The molecular formula is C21H27N3O2S. The second-order valence-electron chi connectivity index (χ2n) is 7.05. The van der Waals surface area contributed by atoms with Crippen LogP contribution in [0.4, 0.5) is 4.79 Å². The van der Waals surface area contributed by atoms with Gasteiger partial charge in [0.1, 0.15) is 0 Å². The van der Waals surface area contributed by atoms with Crippen molar-refractivity contribution < 1.29 is 9.59 Å². The molecule has 2 atom stereocenters. The maximum Gasteiger partial charge on any atom is 0.321 e. The molecule has 1 aromatic carbocycles. The number of carbonyl (C=O) groups is 2. The van der Waals surface area contributed by atoms with E-state index in [0.29, 0.717) is 0 Å². The number of urea groups is 1. The Hall–Kier alpha value is -2.18. The number of rotatable bonds is 6. The number of amides is 3. The highest BCUT2D eigenvalue weighted by atomic mass is 32.1. The van der Waals surface area contributed by atoms with E-state index in [1.807, 2.05) is 41.8 Å². The normalized spacial score (nSPS) is 17.1. The quantitative estimate of drug-likeness (QED) is 0.704. The van der Waals surface area contributed by atoms with Crippen LogP contribution in [0.5, 0.6) is 0 Å². The van der Waals surface area contributed by atoms with Crippen molar-refractivity contribution >= 4 is 23.3 Å². The van der Waals surface area contributed by atoms with Crippen LogP contribution in [0.25, 0.3) is 0 Å². The number of imide groups is 1. The molecule has 1 aliphatic carbocycles. The molecule has 0 aliphatic heterocycles. The topological polar surface area (TPSA) is 70.2 Å². The zero-order valence-electron chi connectivity index (χ0n) is 15.6. The van der Waals surface area contributed by atoms with Gasteiger partial charge in [-0.25, -0.2) is 4.79 Å². The van der Waals surface area contributed by atoms with Crippen molar-refractivity contribution in [2.75, 3.05) is 0 Å². The first-order valence-corrected chi connectivity index (χ1v) is 10.5. The molecule has 1 heterocycles. The summed E-state index contributed by atoms with van der Waals surface area (Å²) in [5, 5.41) is 10.8. The number of hydrogen-bond donors (Lipinski definition) is 3. The van der Waals surface area contributed by atoms with Crippen LogP contribution in [0.15, 0.2) is 47.8 Å². The molecule has 0 bridgehead atoms. The Bertz CT molecular complexity index is 727. The summed E-state index contributed by atoms with van der Waals surface area (Å²) < 4.78 is 0. The van der Waals surface area contributed by atoms with E-state index < -0.39 is 12.1 Å². The second-order valence-corrected chi connectivity index (χ2v) is 8.02. The third-order valence-electron chi connectivity index (χ3n) is 4.95. The fourth-order valence-electron chi connectivity index (χ4n) is 3.46. The lowest BCUT2D eigenvalue weighted by atomic mass is 9.96. The van der Waals surface area contributed by atoms with Crippen molar-refractivity contribution in [3.05, 3.63) is 58.3 Å². The molecule has 3 rings (SSSR count). The van der Waals surface area contributed by atoms with Gasteiger partial charge in [-0.15, -0.1) is 11.3 Å². The zero-order valence-corrected chi connectivity index (χ0v) is 16.4. The van der Waals surface area contributed by atoms with Gasteiger partial charge in [0.05, 0.1) is 12.1 Å². The molecule has 5 nitrogen and oxygen atoms in total. The van der Waals surface area contributed by atoms with Crippen LogP contribution in [0.3, 0.4) is 0 Å². The van der Waals surface area contributed by atoms with Crippen molar-refractivity contribution in [3.8, 4) is 0 Å². The summed E-state index contributed by atoms with van der Waals surface area (Å²) in [5.41, 5.74) is 1.09. The highest BCUT2D eigenvalue weighted by molar-refractivity contribution is 7.10. The zero-order chi connectivity index (χ0) is 19.1. The van der Waals surface area contributed by atoms with Gasteiger partial charge in [0.2, 0.25) is 5.91 Å². The van der Waals surface area contributed by atoms with E-state index >= 15 is 0 Å². The van der Waals surface area contributed by atoms with E-state index in [4.69, 9.17) is 0 Å². The van der Waals surface area contributed by atoms with E-state index in [2.05, 4.69) is 22.0 Å². The van der Waals surface area contributed by atoms with Crippen molar-refractivity contribution in [1.29, 1.82) is 0 Å². The first-order valence-electron chi connectivity index (χ1n) is 9.59. The largest absolute Gasteiger partial charge is 0.335 e. The molecular weight excluding hydrogens is 358 g/mol. The Morgan fingerprint density at radius 2 is 1.78 bits per heavy atom. The molecule has 27 heavy (non-hydrogen) atoms. The molecule has 3 N–H and O–H groups in total. The third-order valence-corrected chi connectivity index (χ3v) is 5.88. The van der Waals surface area contributed by atoms with Crippen LogP contribution >= 0.6 is 11.3 Å². The summed E-state index contributed by atoms with van der Waals surface area (Å²) in [6.07, 6.45) is 5.48. The van der Waals surface area contributed by atoms with Gasteiger partial charge in [0, 0.05) is 10.9 Å². The first-order chi connectivity index (χ1) is 13.1. The molecule has 2 aromatic rings. The van der Waals surface area contributed by atoms with E-state index in [1.54, 1.807) is 18.3 Å². The minimum Gasteiger partial charge on any atom is -0.335 e. The minimum atomic E-state index is -0.505. The van der Waals surface area contributed by atoms with Gasteiger partial charge in [-0.1, -0.05) is 55.7 Å². The molecule has 1 fully saturated rings. The summed E-state index contributed by atoms with van der Waals surface area (Å²) in [6, 6.07) is 13.3. The maximum absolute atomic E-state index is 12.5. The molecule has 1 aromatic heterocycles. The number of hydrogen-bond acceptors (Lipinski definition) is 4. The van der Waals surface area contributed by atoms with Crippen LogP contribution in [-0.2, 0) is 4.79 Å². The number of thiophene rings is 1. The van der Waals surface area contributed by atoms with Gasteiger partial charge in [-0.2, -0.15) is 0 Å². The molecule has 3 amide bonds. The van der Waals surface area contributed by atoms with Gasteiger partial charge in [0.25, 0.3) is 0 Å². The lowest BCUT2D eigenvalue weighted by Gasteiger charge is -2.24. The van der Waals surface area contributed by atoms with Crippen LogP contribution in [0.2, 0.25) is 0 Å². The number of nitrogens with one attached hydrogen (secondary N) is 3. The first kappa shape index (κ1) is 19.6. The Labute approximate surface area is 164 Å². The number of benzene rings is 1. The van der Waals surface area contributed by atoms with Crippen LogP contribution in [0, 0.1) is 0 Å². The van der Waals surface area contributed by atoms with E-state index in [0.717, 1.165) is 36.1 Å². The highest BCUT2D eigenvalue weighted by Gasteiger charge is 2.23. The van der Waals surface area contributed by atoms with Crippen molar-refractivity contribution in [3.63, 3.8) is 0 Å². The SMILES string of the molecule is C[C@@H](N[C@H](c1ccccc1)c1cccs1)C(=O)NC(=O)NC1CCCCC1. The monoisotopic (exact) mass is 385 g/mol. The standard InChI is InChI=1S/C21H27N3O2S/c1-15(20(25)24-21(26)23-17-11-6-3-7-12-17)22-19(18-13-8-14-27-18)16-9-4-2-5-10-16/h2,4-5,8-10,13-15,17,19,22H,3,6-7,11-12H2,1H3,(H2,23,24,25,26)/t15-,19-/m1/s1. The summed E-state index contributed by atoms with van der Waals surface area (Å²) in [7, 11) is 0. The molecule has 0 radical (unpaired) electrons. The summed E-state index contributed by atoms with van der Waals surface area (Å²) >= 11 is 1.64. The van der Waals surface area contributed by atoms with Crippen molar-refractivity contribution in [1.82, 2.24) is 16.0 Å². The Balaban J connectivity index is 1.58. The van der Waals surface area contributed by atoms with Gasteiger partial charge in [-0.3, -0.25) is 15.4 Å². The van der Waals surface area contributed by atoms with E-state index in [-0.39, 0.29) is 18.0 Å². The smallest absolute Gasteiger partial charge is 0.321 e. The lowest BCUT2D eigenvalue weighted by Crippen LogP contribution is -2.51. The number of carbonyl (C=O) groups excluding carboxylic acids is 2. The Morgan fingerprint density at radius 1 is 1.04 bits per heavy atom. The summed E-state index contributed by atoms with van der Waals surface area (Å²) in [5.74, 6) is -0.319. The predicted molar refractivity (Wildman–Crippen MR) is 109 cm³/mol. The van der Waals surface area contributed by atoms with Crippen molar-refractivity contribution in [2.24, 2.45) is 0 Å². The highest BCUT2D eigenvalue weighted by Crippen LogP contribution is 2.26. The van der Waals surface area contributed by atoms with Crippen LogP contribution in [-0.4, -0.2) is 24.0 Å². The van der Waals surface area contributed by atoms with E-state index in [1.165, 1.54) is 6.42 Å². The fourth-order valence-corrected chi connectivity index (χ4v) is 4.27. The third kappa shape index (κ3) is 5.65. The molecule has 0 unspecified atom stereocenters. The average molecular weight is 386 g/mol. The fraction of sp³-hybridized carbons (Fsp3) is 0.429. The summed E-state index contributed by atoms with van der Waals surface area (Å²) in [6.45, 7) is 1.78. The van der Waals surface area contributed by atoms with Gasteiger partial charge < -0.3 is 5.32 Å². The second kappa shape index (κ2) is 9.67. The molecule has 1 aliphatic rings. The molecule has 144 valence electrons. The average Bonchev–Trinajstić information content (AvgIpc) is 3.21. The van der Waals surface area contributed by atoms with Gasteiger partial charge >= 0.3 is 6.03 Å². The molecule has 0 spiro atoms. The lowest BCUT2D eigenvalue weighted by molar-refractivity contribution is -0.121. The molecule has 0 saturated heterocycles. The molecule has 6 heteroatoms. The summed E-state index contributed by atoms with van der Waals surface area (Å²) in [4.78, 5) is 25.8.